The second kappa shape index (κ2) is 8.58. The number of hydrogen-bond acceptors (Lipinski definition) is 1. The van der Waals surface area contributed by atoms with Gasteiger partial charge in [-0.05, 0) is 55.5 Å². The molecule has 0 aliphatic rings. The van der Waals surface area contributed by atoms with Crippen LogP contribution < -0.4 is 5.32 Å². The molecule has 0 saturated heterocycles. The highest BCUT2D eigenvalue weighted by Gasteiger charge is 2.09. The lowest BCUT2D eigenvalue weighted by atomic mass is 9.99. The van der Waals surface area contributed by atoms with Crippen LogP contribution in [0.1, 0.15) is 43.4 Å². The molecule has 112 valence electrons. The first-order chi connectivity index (χ1) is 10.3. The van der Waals surface area contributed by atoms with Crippen molar-refractivity contribution < 1.29 is 4.39 Å². The van der Waals surface area contributed by atoms with Crippen LogP contribution in [0.3, 0.4) is 0 Å². The van der Waals surface area contributed by atoms with E-state index >= 15 is 0 Å². The van der Waals surface area contributed by atoms with Crippen molar-refractivity contribution >= 4 is 0 Å². The average Bonchev–Trinajstić information content (AvgIpc) is 2.53. The number of nitrogens with one attached hydrogen (secondary N) is 1. The third-order valence-electron chi connectivity index (χ3n) is 3.71. The normalized spacial score (nSPS) is 12.3. The Hall–Kier alpha value is -1.67. The molecule has 0 heterocycles. The predicted molar refractivity (Wildman–Crippen MR) is 86.8 cm³/mol. The molecule has 2 rings (SSSR count). The summed E-state index contributed by atoms with van der Waals surface area (Å²) in [5.74, 6) is -0.162. The minimum Gasteiger partial charge on any atom is -0.310 e. The molecule has 0 bridgehead atoms. The molecule has 0 saturated carbocycles. The van der Waals surface area contributed by atoms with E-state index in [-0.39, 0.29) is 5.82 Å². The summed E-state index contributed by atoms with van der Waals surface area (Å²) < 4.78 is 12.9. The van der Waals surface area contributed by atoms with E-state index in [1.165, 1.54) is 11.1 Å². The Morgan fingerprint density at radius 1 is 1.00 bits per heavy atom. The van der Waals surface area contributed by atoms with Gasteiger partial charge in [0.05, 0.1) is 0 Å². The summed E-state index contributed by atoms with van der Waals surface area (Å²) in [4.78, 5) is 0. The van der Waals surface area contributed by atoms with E-state index in [1.54, 1.807) is 12.1 Å². The van der Waals surface area contributed by atoms with Crippen molar-refractivity contribution in [3.63, 3.8) is 0 Å². The number of rotatable bonds is 8. The van der Waals surface area contributed by atoms with Gasteiger partial charge in [0.25, 0.3) is 0 Å². The van der Waals surface area contributed by atoms with Crippen LogP contribution >= 0.6 is 0 Å². The molecule has 0 aliphatic heterocycles. The summed E-state index contributed by atoms with van der Waals surface area (Å²) in [6, 6.07) is 17.9. The van der Waals surface area contributed by atoms with Gasteiger partial charge in [0.2, 0.25) is 0 Å². The van der Waals surface area contributed by atoms with Gasteiger partial charge in [-0.1, -0.05) is 49.4 Å². The molecular formula is C19H24FN. The number of hydrogen-bond donors (Lipinski definition) is 1. The van der Waals surface area contributed by atoms with E-state index in [0.29, 0.717) is 6.04 Å². The van der Waals surface area contributed by atoms with E-state index in [4.69, 9.17) is 0 Å². The molecule has 2 heteroatoms. The Balaban J connectivity index is 1.88. The maximum absolute atomic E-state index is 12.9. The van der Waals surface area contributed by atoms with Gasteiger partial charge in [-0.3, -0.25) is 0 Å². The number of benzene rings is 2. The lowest BCUT2D eigenvalue weighted by Crippen LogP contribution is -2.22. The summed E-state index contributed by atoms with van der Waals surface area (Å²) in [5.41, 5.74) is 2.56. The quantitative estimate of drug-likeness (QED) is 0.728. The lowest BCUT2D eigenvalue weighted by Gasteiger charge is -2.19. The van der Waals surface area contributed by atoms with Crippen molar-refractivity contribution in [2.45, 2.75) is 38.6 Å². The van der Waals surface area contributed by atoms with Crippen LogP contribution in [-0.2, 0) is 6.42 Å². The molecule has 0 aromatic heterocycles. The molecule has 0 fully saturated rings. The Labute approximate surface area is 127 Å². The Morgan fingerprint density at radius 3 is 2.38 bits per heavy atom. The first-order valence-electron chi connectivity index (χ1n) is 7.82. The molecule has 2 aromatic rings. The Bertz CT molecular complexity index is 507. The lowest BCUT2D eigenvalue weighted by molar-refractivity contribution is 0.484. The third-order valence-corrected chi connectivity index (χ3v) is 3.71. The molecule has 0 aliphatic carbocycles. The second-order valence-corrected chi connectivity index (χ2v) is 5.44. The average molecular weight is 285 g/mol. The van der Waals surface area contributed by atoms with Crippen molar-refractivity contribution in [1.29, 1.82) is 0 Å². The van der Waals surface area contributed by atoms with Gasteiger partial charge < -0.3 is 5.32 Å². The van der Waals surface area contributed by atoms with Gasteiger partial charge >= 0.3 is 0 Å². The molecule has 1 atom stereocenters. The Morgan fingerprint density at radius 2 is 1.71 bits per heavy atom. The number of aryl methyl sites for hydroxylation is 1. The van der Waals surface area contributed by atoms with Gasteiger partial charge in [0, 0.05) is 6.04 Å². The van der Waals surface area contributed by atoms with E-state index in [0.717, 1.165) is 32.2 Å². The topological polar surface area (TPSA) is 12.0 Å². The Kier molecular flexibility index (Phi) is 6.42. The largest absolute Gasteiger partial charge is 0.310 e. The van der Waals surface area contributed by atoms with Gasteiger partial charge in [0.15, 0.2) is 0 Å². The fourth-order valence-corrected chi connectivity index (χ4v) is 2.55. The smallest absolute Gasteiger partial charge is 0.123 e. The minimum atomic E-state index is -0.162. The van der Waals surface area contributed by atoms with Gasteiger partial charge in [-0.25, -0.2) is 4.39 Å². The molecule has 1 unspecified atom stereocenters. The van der Waals surface area contributed by atoms with Crippen LogP contribution in [0.2, 0.25) is 0 Å². The van der Waals surface area contributed by atoms with E-state index in [9.17, 15) is 4.39 Å². The van der Waals surface area contributed by atoms with Crippen molar-refractivity contribution in [1.82, 2.24) is 5.32 Å². The second-order valence-electron chi connectivity index (χ2n) is 5.44. The highest BCUT2D eigenvalue weighted by Crippen LogP contribution is 2.19. The van der Waals surface area contributed by atoms with Crippen molar-refractivity contribution in [3.8, 4) is 0 Å². The van der Waals surface area contributed by atoms with Crippen molar-refractivity contribution in [2.75, 3.05) is 6.54 Å². The van der Waals surface area contributed by atoms with E-state index in [2.05, 4.69) is 42.6 Å². The molecule has 0 radical (unpaired) electrons. The zero-order valence-electron chi connectivity index (χ0n) is 12.7. The third kappa shape index (κ3) is 5.31. The fraction of sp³-hybridized carbons (Fsp3) is 0.368. The van der Waals surface area contributed by atoms with Crippen LogP contribution in [0.4, 0.5) is 4.39 Å². The monoisotopic (exact) mass is 285 g/mol. The minimum absolute atomic E-state index is 0.162. The summed E-state index contributed by atoms with van der Waals surface area (Å²) in [6.45, 7) is 3.23. The number of halogens is 1. The summed E-state index contributed by atoms with van der Waals surface area (Å²) >= 11 is 0. The molecule has 0 spiro atoms. The standard InChI is InChI=1S/C19H24FN/c1-2-15-21-19(17-8-4-3-5-9-17)10-6-7-16-11-13-18(20)14-12-16/h3-5,8-9,11-14,19,21H,2,6-7,10,15H2,1H3. The maximum atomic E-state index is 12.9. The van der Waals surface area contributed by atoms with Gasteiger partial charge in [-0.2, -0.15) is 0 Å². The molecule has 1 nitrogen and oxygen atoms in total. The van der Waals surface area contributed by atoms with Gasteiger partial charge in [-0.15, -0.1) is 0 Å². The van der Waals surface area contributed by atoms with E-state index in [1.807, 2.05) is 12.1 Å². The van der Waals surface area contributed by atoms with Crippen molar-refractivity contribution in [2.24, 2.45) is 0 Å². The van der Waals surface area contributed by atoms with Crippen LogP contribution in [0.15, 0.2) is 54.6 Å². The molecule has 2 aromatic carbocycles. The highest BCUT2D eigenvalue weighted by molar-refractivity contribution is 5.19. The molecule has 1 N–H and O–H groups in total. The van der Waals surface area contributed by atoms with Crippen molar-refractivity contribution in [3.05, 3.63) is 71.5 Å². The first-order valence-corrected chi connectivity index (χ1v) is 7.82. The first kappa shape index (κ1) is 15.7. The van der Waals surface area contributed by atoms with Crippen LogP contribution in [0.25, 0.3) is 0 Å². The molecular weight excluding hydrogens is 261 g/mol. The summed E-state index contributed by atoms with van der Waals surface area (Å²) in [6.07, 6.45) is 4.34. The van der Waals surface area contributed by atoms with Crippen LogP contribution in [-0.4, -0.2) is 6.54 Å². The zero-order valence-corrected chi connectivity index (χ0v) is 12.7. The predicted octanol–water partition coefficient (Wildman–Crippen LogP) is 4.89. The van der Waals surface area contributed by atoms with Crippen LogP contribution in [0.5, 0.6) is 0 Å². The van der Waals surface area contributed by atoms with E-state index < -0.39 is 0 Å². The molecule has 21 heavy (non-hydrogen) atoms. The SMILES string of the molecule is CCCNC(CCCc1ccc(F)cc1)c1ccccc1. The van der Waals surface area contributed by atoms with Gasteiger partial charge in [0.1, 0.15) is 5.82 Å². The maximum Gasteiger partial charge on any atom is 0.123 e. The molecule has 0 amide bonds. The highest BCUT2D eigenvalue weighted by atomic mass is 19.1. The zero-order chi connectivity index (χ0) is 14.9. The van der Waals surface area contributed by atoms with Crippen LogP contribution in [0, 0.1) is 5.82 Å². The summed E-state index contributed by atoms with van der Waals surface area (Å²) in [5, 5.41) is 3.62. The fourth-order valence-electron chi connectivity index (χ4n) is 2.55. The summed E-state index contributed by atoms with van der Waals surface area (Å²) in [7, 11) is 0.